The largest absolute Gasteiger partial charge is 0.353 e. The van der Waals surface area contributed by atoms with Crippen molar-refractivity contribution in [3.63, 3.8) is 0 Å². The molecule has 5 heteroatoms. The SMILES string of the molecule is CC1CCCC(NC(=O)C2CNC(=O)CN2)CC1. The number of hydrogen-bond acceptors (Lipinski definition) is 3. The van der Waals surface area contributed by atoms with Crippen molar-refractivity contribution in [2.24, 2.45) is 5.92 Å². The summed E-state index contributed by atoms with van der Waals surface area (Å²) in [4.78, 5) is 23.0. The normalized spacial score (nSPS) is 33.4. The third kappa shape index (κ3) is 3.70. The highest BCUT2D eigenvalue weighted by molar-refractivity contribution is 5.86. The first-order valence-electron chi connectivity index (χ1n) is 6.95. The topological polar surface area (TPSA) is 70.2 Å². The fourth-order valence-electron chi connectivity index (χ4n) is 2.69. The minimum Gasteiger partial charge on any atom is -0.353 e. The van der Waals surface area contributed by atoms with Crippen molar-refractivity contribution in [3.05, 3.63) is 0 Å². The van der Waals surface area contributed by atoms with Gasteiger partial charge in [-0.3, -0.25) is 14.9 Å². The van der Waals surface area contributed by atoms with Crippen LogP contribution in [0.3, 0.4) is 0 Å². The molecule has 0 spiro atoms. The van der Waals surface area contributed by atoms with E-state index >= 15 is 0 Å². The Kier molecular flexibility index (Phi) is 4.58. The average Bonchev–Trinajstić information content (AvgIpc) is 2.55. The highest BCUT2D eigenvalue weighted by Crippen LogP contribution is 2.22. The lowest BCUT2D eigenvalue weighted by Gasteiger charge is -2.25. The minimum absolute atomic E-state index is 0.0227. The molecule has 3 atom stereocenters. The number of hydrogen-bond donors (Lipinski definition) is 3. The molecule has 0 aromatic rings. The van der Waals surface area contributed by atoms with Crippen LogP contribution >= 0.6 is 0 Å². The van der Waals surface area contributed by atoms with Crippen molar-refractivity contribution >= 4 is 11.8 Å². The Hall–Kier alpha value is -1.10. The van der Waals surface area contributed by atoms with Crippen LogP contribution in [0, 0.1) is 5.92 Å². The van der Waals surface area contributed by atoms with Crippen molar-refractivity contribution in [3.8, 4) is 0 Å². The molecule has 0 aromatic carbocycles. The summed E-state index contributed by atoms with van der Waals surface area (Å²) in [6.07, 6.45) is 5.81. The van der Waals surface area contributed by atoms with Gasteiger partial charge in [-0.25, -0.2) is 0 Å². The van der Waals surface area contributed by atoms with Crippen LogP contribution in [0.2, 0.25) is 0 Å². The molecule has 0 radical (unpaired) electrons. The van der Waals surface area contributed by atoms with Gasteiger partial charge in [0, 0.05) is 12.6 Å². The smallest absolute Gasteiger partial charge is 0.239 e. The summed E-state index contributed by atoms with van der Waals surface area (Å²) in [6.45, 7) is 2.91. The molecule has 3 unspecified atom stereocenters. The molecule has 102 valence electrons. The van der Waals surface area contributed by atoms with Gasteiger partial charge in [0.05, 0.1) is 6.54 Å². The zero-order valence-corrected chi connectivity index (χ0v) is 11.0. The molecule has 1 saturated carbocycles. The predicted molar refractivity (Wildman–Crippen MR) is 69.0 cm³/mol. The maximum absolute atomic E-state index is 12.0. The van der Waals surface area contributed by atoms with Crippen molar-refractivity contribution in [1.82, 2.24) is 16.0 Å². The molecule has 2 aliphatic rings. The highest BCUT2D eigenvalue weighted by atomic mass is 16.2. The van der Waals surface area contributed by atoms with E-state index in [0.29, 0.717) is 12.6 Å². The lowest BCUT2D eigenvalue weighted by atomic mass is 10.0. The van der Waals surface area contributed by atoms with Crippen LogP contribution in [0.25, 0.3) is 0 Å². The Morgan fingerprint density at radius 1 is 1.28 bits per heavy atom. The molecule has 2 rings (SSSR count). The summed E-state index contributed by atoms with van der Waals surface area (Å²) in [5.41, 5.74) is 0. The number of carbonyl (C=O) groups is 2. The molecular weight excluding hydrogens is 230 g/mol. The van der Waals surface area contributed by atoms with Gasteiger partial charge in [-0.1, -0.05) is 19.8 Å². The zero-order chi connectivity index (χ0) is 13.0. The van der Waals surface area contributed by atoms with E-state index in [0.717, 1.165) is 18.8 Å². The van der Waals surface area contributed by atoms with Crippen LogP contribution in [0.1, 0.15) is 39.0 Å². The lowest BCUT2D eigenvalue weighted by molar-refractivity contribution is -0.127. The number of amides is 2. The van der Waals surface area contributed by atoms with Crippen LogP contribution in [0.5, 0.6) is 0 Å². The Morgan fingerprint density at radius 2 is 2.11 bits per heavy atom. The first-order valence-corrected chi connectivity index (χ1v) is 6.95. The van der Waals surface area contributed by atoms with Crippen molar-refractivity contribution in [1.29, 1.82) is 0 Å². The molecular formula is C13H23N3O2. The Morgan fingerprint density at radius 3 is 2.83 bits per heavy atom. The number of carbonyl (C=O) groups excluding carboxylic acids is 2. The number of rotatable bonds is 2. The Labute approximate surface area is 108 Å². The molecule has 1 aliphatic heterocycles. The van der Waals surface area contributed by atoms with Gasteiger partial charge in [0.2, 0.25) is 11.8 Å². The van der Waals surface area contributed by atoms with Crippen molar-refractivity contribution in [2.75, 3.05) is 13.1 Å². The molecule has 18 heavy (non-hydrogen) atoms. The molecule has 3 N–H and O–H groups in total. The third-order valence-corrected chi connectivity index (χ3v) is 3.93. The molecule has 5 nitrogen and oxygen atoms in total. The summed E-state index contributed by atoms with van der Waals surface area (Å²) in [5.74, 6) is 0.760. The number of piperazine rings is 1. The fourth-order valence-corrected chi connectivity index (χ4v) is 2.69. The molecule has 1 aliphatic carbocycles. The van der Waals surface area contributed by atoms with Crippen molar-refractivity contribution in [2.45, 2.75) is 51.1 Å². The monoisotopic (exact) mass is 253 g/mol. The van der Waals surface area contributed by atoms with E-state index in [1.807, 2.05) is 0 Å². The van der Waals surface area contributed by atoms with E-state index in [-0.39, 0.29) is 24.4 Å². The number of nitrogens with one attached hydrogen (secondary N) is 3. The van der Waals surface area contributed by atoms with Crippen LogP contribution in [-0.2, 0) is 9.59 Å². The standard InChI is InChI=1S/C13H23N3O2/c1-9-3-2-4-10(6-5-9)16-13(18)11-7-15-12(17)8-14-11/h9-11,14H,2-8H2,1H3,(H,15,17)(H,16,18). The third-order valence-electron chi connectivity index (χ3n) is 3.93. The van der Waals surface area contributed by atoms with Crippen LogP contribution < -0.4 is 16.0 Å². The second-order valence-electron chi connectivity index (χ2n) is 5.56. The second kappa shape index (κ2) is 6.18. The summed E-state index contributed by atoms with van der Waals surface area (Å²) in [5, 5.41) is 8.78. The fraction of sp³-hybridized carbons (Fsp3) is 0.846. The summed E-state index contributed by atoms with van der Waals surface area (Å²) >= 11 is 0. The molecule has 0 aromatic heterocycles. The van der Waals surface area contributed by atoms with E-state index < -0.39 is 0 Å². The Bertz CT molecular complexity index is 309. The summed E-state index contributed by atoms with van der Waals surface area (Å²) in [7, 11) is 0. The molecule has 2 fully saturated rings. The van der Waals surface area contributed by atoms with Crippen molar-refractivity contribution < 1.29 is 9.59 Å². The van der Waals surface area contributed by atoms with Gasteiger partial charge < -0.3 is 10.6 Å². The predicted octanol–water partition coefficient (Wildman–Crippen LogP) is 0.159. The summed E-state index contributed by atoms with van der Waals surface area (Å²) < 4.78 is 0. The first kappa shape index (κ1) is 13.3. The second-order valence-corrected chi connectivity index (χ2v) is 5.56. The molecule has 1 heterocycles. The quantitative estimate of drug-likeness (QED) is 0.614. The zero-order valence-electron chi connectivity index (χ0n) is 11.0. The van der Waals surface area contributed by atoms with Crippen LogP contribution in [0.4, 0.5) is 0 Å². The van der Waals surface area contributed by atoms with E-state index in [2.05, 4.69) is 22.9 Å². The van der Waals surface area contributed by atoms with Crippen LogP contribution in [0.15, 0.2) is 0 Å². The average molecular weight is 253 g/mol. The first-order chi connectivity index (χ1) is 8.65. The maximum Gasteiger partial charge on any atom is 0.239 e. The van der Waals surface area contributed by atoms with Gasteiger partial charge in [0.1, 0.15) is 6.04 Å². The molecule has 1 saturated heterocycles. The molecule has 2 amide bonds. The molecule has 0 bridgehead atoms. The van der Waals surface area contributed by atoms with E-state index in [1.165, 1.54) is 19.3 Å². The van der Waals surface area contributed by atoms with Gasteiger partial charge >= 0.3 is 0 Å². The van der Waals surface area contributed by atoms with E-state index in [9.17, 15) is 9.59 Å². The van der Waals surface area contributed by atoms with E-state index in [1.54, 1.807) is 0 Å². The van der Waals surface area contributed by atoms with Gasteiger partial charge in [0.15, 0.2) is 0 Å². The van der Waals surface area contributed by atoms with Gasteiger partial charge in [-0.15, -0.1) is 0 Å². The van der Waals surface area contributed by atoms with Gasteiger partial charge in [0.25, 0.3) is 0 Å². The van der Waals surface area contributed by atoms with Crippen LogP contribution in [-0.4, -0.2) is 37.0 Å². The maximum atomic E-state index is 12.0. The summed E-state index contributed by atoms with van der Waals surface area (Å²) in [6, 6.07) is 0.0326. The Balaban J connectivity index is 1.78. The highest BCUT2D eigenvalue weighted by Gasteiger charge is 2.26. The minimum atomic E-state index is -0.275. The van der Waals surface area contributed by atoms with E-state index in [4.69, 9.17) is 0 Å². The lowest BCUT2D eigenvalue weighted by Crippen LogP contribution is -2.59. The van der Waals surface area contributed by atoms with Gasteiger partial charge in [-0.2, -0.15) is 0 Å². The van der Waals surface area contributed by atoms with Gasteiger partial charge in [-0.05, 0) is 25.2 Å².